The van der Waals surface area contributed by atoms with Gasteiger partial charge in [0.05, 0.1) is 18.7 Å². The van der Waals surface area contributed by atoms with Crippen LogP contribution in [0, 0.1) is 11.3 Å². The van der Waals surface area contributed by atoms with Crippen LogP contribution in [0.5, 0.6) is 0 Å². The van der Waals surface area contributed by atoms with Crippen LogP contribution in [0.25, 0.3) is 0 Å². The number of hydrogen-bond acceptors (Lipinski definition) is 6. The van der Waals surface area contributed by atoms with E-state index in [4.69, 9.17) is 4.98 Å². The second-order valence-corrected chi connectivity index (χ2v) is 8.13. The summed E-state index contributed by atoms with van der Waals surface area (Å²) >= 11 is 0. The van der Waals surface area contributed by atoms with Crippen LogP contribution in [0.4, 0.5) is 11.6 Å². The van der Waals surface area contributed by atoms with E-state index < -0.39 is 0 Å². The standard InChI is InChI=1S/C20H24N6O2/c21-11-14-1-6-17(23-7-9-25(15-2-3-15)18(27)12-23)22-20(14)24-8-10-26(16-4-5-16)19(28)13-24/h1,6,15-16H,2-5,7-10,12-13H2. The van der Waals surface area contributed by atoms with Crippen molar-refractivity contribution in [2.45, 2.75) is 37.8 Å². The number of carbonyl (C=O) groups excluding carboxylic acids is 2. The Morgan fingerprint density at radius 2 is 1.43 bits per heavy atom. The fourth-order valence-electron chi connectivity index (χ4n) is 4.24. The maximum atomic E-state index is 12.5. The maximum Gasteiger partial charge on any atom is 0.242 e. The number of nitrogens with zero attached hydrogens (tertiary/aromatic N) is 6. The number of carbonyl (C=O) groups is 2. The predicted molar refractivity (Wildman–Crippen MR) is 103 cm³/mol. The summed E-state index contributed by atoms with van der Waals surface area (Å²) in [6.07, 6.45) is 4.44. The van der Waals surface area contributed by atoms with Crippen LogP contribution in [0.1, 0.15) is 31.2 Å². The topological polar surface area (TPSA) is 83.8 Å². The molecule has 146 valence electrons. The van der Waals surface area contributed by atoms with Crippen molar-refractivity contribution in [1.82, 2.24) is 14.8 Å². The van der Waals surface area contributed by atoms with Gasteiger partial charge in [0.1, 0.15) is 17.7 Å². The van der Waals surface area contributed by atoms with Crippen molar-refractivity contribution in [3.63, 3.8) is 0 Å². The molecule has 5 rings (SSSR count). The number of piperazine rings is 2. The highest BCUT2D eigenvalue weighted by Gasteiger charge is 2.38. The molecule has 3 heterocycles. The molecule has 4 aliphatic rings. The van der Waals surface area contributed by atoms with Crippen molar-refractivity contribution >= 4 is 23.5 Å². The summed E-state index contributed by atoms with van der Waals surface area (Å²) in [5, 5.41) is 9.52. The lowest BCUT2D eigenvalue weighted by Gasteiger charge is -2.37. The molecule has 0 N–H and O–H groups in total. The molecule has 4 fully saturated rings. The van der Waals surface area contributed by atoms with Crippen molar-refractivity contribution in [2.24, 2.45) is 0 Å². The molecular formula is C20H24N6O2. The Morgan fingerprint density at radius 3 is 1.96 bits per heavy atom. The van der Waals surface area contributed by atoms with Gasteiger partial charge in [-0.05, 0) is 37.8 Å². The van der Waals surface area contributed by atoms with Crippen LogP contribution in [-0.4, -0.2) is 78.0 Å². The largest absolute Gasteiger partial charge is 0.345 e. The molecule has 1 aromatic rings. The van der Waals surface area contributed by atoms with Crippen molar-refractivity contribution in [3.05, 3.63) is 17.7 Å². The average Bonchev–Trinajstić information content (AvgIpc) is 3.61. The summed E-state index contributed by atoms with van der Waals surface area (Å²) < 4.78 is 0. The van der Waals surface area contributed by atoms with Gasteiger partial charge in [0.25, 0.3) is 0 Å². The zero-order valence-corrected chi connectivity index (χ0v) is 15.9. The first-order chi connectivity index (χ1) is 13.6. The first-order valence-electron chi connectivity index (χ1n) is 10.1. The van der Waals surface area contributed by atoms with Crippen LogP contribution in [0.3, 0.4) is 0 Å². The van der Waals surface area contributed by atoms with Gasteiger partial charge in [-0.25, -0.2) is 4.98 Å². The molecule has 8 heteroatoms. The summed E-state index contributed by atoms with van der Waals surface area (Å²) in [6.45, 7) is 3.41. The van der Waals surface area contributed by atoms with Crippen molar-refractivity contribution < 1.29 is 9.59 Å². The molecule has 0 atom stereocenters. The summed E-state index contributed by atoms with van der Waals surface area (Å²) in [4.78, 5) is 37.5. The Labute approximate surface area is 164 Å². The minimum atomic E-state index is 0.109. The molecule has 0 radical (unpaired) electrons. The highest BCUT2D eigenvalue weighted by molar-refractivity contribution is 5.84. The quantitative estimate of drug-likeness (QED) is 0.760. The van der Waals surface area contributed by atoms with Gasteiger partial charge in [-0.3, -0.25) is 9.59 Å². The van der Waals surface area contributed by atoms with E-state index in [-0.39, 0.29) is 18.4 Å². The van der Waals surface area contributed by atoms with Gasteiger partial charge in [-0.15, -0.1) is 0 Å². The van der Waals surface area contributed by atoms with Crippen LogP contribution < -0.4 is 9.80 Å². The fraction of sp³-hybridized carbons (Fsp3) is 0.600. The molecule has 28 heavy (non-hydrogen) atoms. The Bertz CT molecular complexity index is 857. The molecule has 2 aliphatic carbocycles. The van der Waals surface area contributed by atoms with Crippen LogP contribution in [0.2, 0.25) is 0 Å². The van der Waals surface area contributed by atoms with E-state index in [1.807, 2.05) is 25.7 Å². The highest BCUT2D eigenvalue weighted by atomic mass is 16.2. The van der Waals surface area contributed by atoms with Crippen LogP contribution in [0.15, 0.2) is 12.1 Å². The number of rotatable bonds is 4. The summed E-state index contributed by atoms with van der Waals surface area (Å²) in [5.41, 5.74) is 0.472. The second-order valence-electron chi connectivity index (χ2n) is 8.13. The average molecular weight is 380 g/mol. The summed E-state index contributed by atoms with van der Waals surface area (Å²) in [7, 11) is 0. The number of hydrogen-bond donors (Lipinski definition) is 0. The van der Waals surface area contributed by atoms with E-state index in [0.717, 1.165) is 38.8 Å². The molecule has 0 spiro atoms. The molecule has 2 amide bonds. The van der Waals surface area contributed by atoms with Crippen molar-refractivity contribution in [2.75, 3.05) is 49.1 Å². The summed E-state index contributed by atoms with van der Waals surface area (Å²) in [6, 6.07) is 6.62. The number of aromatic nitrogens is 1. The van der Waals surface area contributed by atoms with E-state index in [2.05, 4.69) is 6.07 Å². The molecule has 0 unspecified atom stereocenters. The lowest BCUT2D eigenvalue weighted by atomic mass is 10.2. The first kappa shape index (κ1) is 17.3. The van der Waals surface area contributed by atoms with Crippen LogP contribution in [-0.2, 0) is 9.59 Å². The van der Waals surface area contributed by atoms with Gasteiger partial charge in [0, 0.05) is 38.3 Å². The van der Waals surface area contributed by atoms with Gasteiger partial charge in [0.15, 0.2) is 0 Å². The molecule has 8 nitrogen and oxygen atoms in total. The maximum absolute atomic E-state index is 12.5. The minimum absolute atomic E-state index is 0.109. The number of amides is 2. The first-order valence-corrected chi connectivity index (χ1v) is 10.1. The predicted octanol–water partition coefficient (Wildman–Crippen LogP) is 0.575. The lowest BCUT2D eigenvalue weighted by Crippen LogP contribution is -2.52. The number of anilines is 2. The smallest absolute Gasteiger partial charge is 0.242 e. The zero-order valence-electron chi connectivity index (χ0n) is 15.9. The van der Waals surface area contributed by atoms with Gasteiger partial charge >= 0.3 is 0 Å². The molecule has 0 bridgehead atoms. The summed E-state index contributed by atoms with van der Waals surface area (Å²) in [5.74, 6) is 1.52. The Hall–Kier alpha value is -2.82. The number of pyridine rings is 1. The van der Waals surface area contributed by atoms with E-state index >= 15 is 0 Å². The van der Waals surface area contributed by atoms with E-state index in [1.54, 1.807) is 6.07 Å². The molecule has 2 saturated carbocycles. The van der Waals surface area contributed by atoms with Gasteiger partial charge in [-0.2, -0.15) is 5.26 Å². The van der Waals surface area contributed by atoms with Gasteiger partial charge in [0.2, 0.25) is 11.8 Å². The van der Waals surface area contributed by atoms with Crippen molar-refractivity contribution in [3.8, 4) is 6.07 Å². The zero-order chi connectivity index (χ0) is 19.3. The van der Waals surface area contributed by atoms with Gasteiger partial charge < -0.3 is 19.6 Å². The third-order valence-electron chi connectivity index (χ3n) is 6.09. The van der Waals surface area contributed by atoms with E-state index in [0.29, 0.717) is 48.9 Å². The molecular weight excluding hydrogens is 356 g/mol. The second kappa shape index (κ2) is 6.66. The Morgan fingerprint density at radius 1 is 0.857 bits per heavy atom. The minimum Gasteiger partial charge on any atom is -0.345 e. The van der Waals surface area contributed by atoms with Crippen LogP contribution >= 0.6 is 0 Å². The normalized spacial score (nSPS) is 23.2. The third-order valence-corrected chi connectivity index (χ3v) is 6.09. The third kappa shape index (κ3) is 3.15. The van der Waals surface area contributed by atoms with E-state index in [1.165, 1.54) is 0 Å². The SMILES string of the molecule is N#Cc1ccc(N2CCN(C3CC3)C(=O)C2)nc1N1CCN(C2CC2)C(=O)C1. The fourth-order valence-corrected chi connectivity index (χ4v) is 4.24. The molecule has 0 aromatic carbocycles. The monoisotopic (exact) mass is 380 g/mol. The number of nitriles is 1. The van der Waals surface area contributed by atoms with E-state index in [9.17, 15) is 14.9 Å². The Kier molecular flexibility index (Phi) is 4.11. The highest BCUT2D eigenvalue weighted by Crippen LogP contribution is 2.31. The molecule has 1 aromatic heterocycles. The Balaban J connectivity index is 1.34. The van der Waals surface area contributed by atoms with Crippen molar-refractivity contribution in [1.29, 1.82) is 5.26 Å². The molecule has 2 saturated heterocycles. The van der Waals surface area contributed by atoms with Gasteiger partial charge in [-0.1, -0.05) is 0 Å². The molecule has 2 aliphatic heterocycles. The lowest BCUT2D eigenvalue weighted by molar-refractivity contribution is -0.132.